The summed E-state index contributed by atoms with van der Waals surface area (Å²) >= 11 is 0. The van der Waals surface area contributed by atoms with Gasteiger partial charge in [0.2, 0.25) is 0 Å². The molecule has 0 bridgehead atoms. The summed E-state index contributed by atoms with van der Waals surface area (Å²) < 4.78 is 20.7. The average molecular weight is 284 g/mol. The number of benzene rings is 2. The monoisotopic (exact) mass is 284 g/mol. The molecule has 3 aromatic rings. The zero-order valence-electron chi connectivity index (χ0n) is 11.8. The van der Waals surface area contributed by atoms with Gasteiger partial charge >= 0.3 is 0 Å². The van der Waals surface area contributed by atoms with Crippen molar-refractivity contribution in [2.75, 3.05) is 12.3 Å². The van der Waals surface area contributed by atoms with E-state index in [9.17, 15) is 4.39 Å². The van der Waals surface area contributed by atoms with Crippen LogP contribution in [0.5, 0.6) is 5.75 Å². The molecule has 3 nitrogen and oxygen atoms in total. The lowest BCUT2D eigenvalue weighted by atomic mass is 10.1. The molecule has 0 aliphatic carbocycles. The lowest BCUT2D eigenvalue weighted by Crippen LogP contribution is -2.02. The van der Waals surface area contributed by atoms with E-state index in [0.717, 1.165) is 22.2 Å². The molecule has 1 heterocycles. The molecule has 0 atom stereocenters. The Morgan fingerprint density at radius 3 is 2.76 bits per heavy atom. The quantitative estimate of drug-likeness (QED) is 0.740. The van der Waals surface area contributed by atoms with Gasteiger partial charge in [-0.05, 0) is 48.9 Å². The molecule has 2 aromatic carbocycles. The number of anilines is 1. The molecule has 108 valence electrons. The van der Waals surface area contributed by atoms with Gasteiger partial charge in [-0.25, -0.2) is 4.39 Å². The number of nitrogens with two attached hydrogens (primary N) is 1. The van der Waals surface area contributed by atoms with E-state index >= 15 is 0 Å². The van der Waals surface area contributed by atoms with E-state index in [1.807, 2.05) is 37.4 Å². The van der Waals surface area contributed by atoms with Gasteiger partial charge in [0.05, 0.1) is 6.61 Å². The van der Waals surface area contributed by atoms with Crippen LogP contribution < -0.4 is 10.5 Å². The lowest BCUT2D eigenvalue weighted by molar-refractivity contribution is 0.340. The minimum absolute atomic E-state index is 0.310. The average Bonchev–Trinajstić information content (AvgIpc) is 2.85. The van der Waals surface area contributed by atoms with Crippen molar-refractivity contribution in [3.8, 4) is 5.75 Å². The van der Waals surface area contributed by atoms with Gasteiger partial charge in [0.1, 0.15) is 11.6 Å². The van der Waals surface area contributed by atoms with Crippen molar-refractivity contribution < 1.29 is 9.13 Å². The fourth-order valence-electron chi connectivity index (χ4n) is 2.47. The first-order valence-corrected chi connectivity index (χ1v) is 6.93. The van der Waals surface area contributed by atoms with Crippen LogP contribution in [0.3, 0.4) is 0 Å². The summed E-state index contributed by atoms with van der Waals surface area (Å²) in [5, 5.41) is 1.11. The first-order valence-electron chi connectivity index (χ1n) is 6.93. The van der Waals surface area contributed by atoms with E-state index in [4.69, 9.17) is 10.5 Å². The van der Waals surface area contributed by atoms with Crippen LogP contribution in [0.15, 0.2) is 48.7 Å². The third-order valence-electron chi connectivity index (χ3n) is 3.50. The standard InChI is InChI=1S/C17H17FN2O/c1-2-21-15-5-6-17-12(9-15)7-8-20(17)11-13-3-4-14(18)10-16(13)19/h3-10H,2,11,19H2,1H3. The fraction of sp³-hybridized carbons (Fsp3) is 0.176. The molecule has 0 fully saturated rings. The number of nitrogen functional groups attached to an aromatic ring is 1. The highest BCUT2D eigenvalue weighted by atomic mass is 19.1. The Hall–Kier alpha value is -2.49. The molecule has 0 spiro atoms. The Bertz CT molecular complexity index is 780. The maximum Gasteiger partial charge on any atom is 0.125 e. The van der Waals surface area contributed by atoms with E-state index in [1.54, 1.807) is 6.07 Å². The normalized spacial score (nSPS) is 11.0. The molecule has 0 aliphatic heterocycles. The van der Waals surface area contributed by atoms with Crippen LogP contribution in [0, 0.1) is 5.82 Å². The molecular formula is C17H17FN2O. The van der Waals surface area contributed by atoms with Gasteiger partial charge in [0.25, 0.3) is 0 Å². The first kappa shape index (κ1) is 13.5. The smallest absolute Gasteiger partial charge is 0.125 e. The minimum atomic E-state index is -0.310. The second kappa shape index (κ2) is 5.48. The van der Waals surface area contributed by atoms with Crippen LogP contribution in [0.2, 0.25) is 0 Å². The van der Waals surface area contributed by atoms with Crippen LogP contribution in [0.25, 0.3) is 10.9 Å². The van der Waals surface area contributed by atoms with E-state index < -0.39 is 0 Å². The zero-order valence-corrected chi connectivity index (χ0v) is 11.8. The van der Waals surface area contributed by atoms with Crippen LogP contribution >= 0.6 is 0 Å². The highest BCUT2D eigenvalue weighted by Crippen LogP contribution is 2.24. The Balaban J connectivity index is 1.94. The van der Waals surface area contributed by atoms with E-state index in [-0.39, 0.29) is 5.82 Å². The van der Waals surface area contributed by atoms with Crippen molar-refractivity contribution in [1.29, 1.82) is 0 Å². The Morgan fingerprint density at radius 1 is 1.14 bits per heavy atom. The Morgan fingerprint density at radius 2 is 2.00 bits per heavy atom. The third-order valence-corrected chi connectivity index (χ3v) is 3.50. The number of halogens is 1. The molecule has 0 saturated heterocycles. The number of nitrogens with zero attached hydrogens (tertiary/aromatic N) is 1. The number of aromatic nitrogens is 1. The second-order valence-corrected chi connectivity index (χ2v) is 4.94. The molecule has 0 amide bonds. The van der Waals surface area contributed by atoms with Crippen LogP contribution in [0.4, 0.5) is 10.1 Å². The molecule has 4 heteroatoms. The fourth-order valence-corrected chi connectivity index (χ4v) is 2.47. The SMILES string of the molecule is CCOc1ccc2c(ccn2Cc2ccc(F)cc2N)c1. The van der Waals surface area contributed by atoms with E-state index in [2.05, 4.69) is 4.57 Å². The molecule has 0 unspecified atom stereocenters. The van der Waals surface area contributed by atoms with Gasteiger partial charge in [0, 0.05) is 29.3 Å². The van der Waals surface area contributed by atoms with Gasteiger partial charge in [-0.15, -0.1) is 0 Å². The Kier molecular flexibility index (Phi) is 3.52. The second-order valence-electron chi connectivity index (χ2n) is 4.94. The van der Waals surface area contributed by atoms with Crippen LogP contribution in [0.1, 0.15) is 12.5 Å². The van der Waals surface area contributed by atoms with Crippen molar-refractivity contribution >= 4 is 16.6 Å². The predicted octanol–water partition coefficient (Wildman–Crippen LogP) is 3.81. The van der Waals surface area contributed by atoms with Crippen molar-refractivity contribution in [1.82, 2.24) is 4.57 Å². The molecule has 3 rings (SSSR count). The van der Waals surface area contributed by atoms with Gasteiger partial charge in [0.15, 0.2) is 0 Å². The summed E-state index contributed by atoms with van der Waals surface area (Å²) in [5.41, 5.74) is 8.35. The topological polar surface area (TPSA) is 40.2 Å². The molecule has 21 heavy (non-hydrogen) atoms. The number of ether oxygens (including phenoxy) is 1. The lowest BCUT2D eigenvalue weighted by Gasteiger charge is -2.09. The molecule has 1 aromatic heterocycles. The van der Waals surface area contributed by atoms with Crippen LogP contribution in [-0.2, 0) is 6.54 Å². The molecule has 0 radical (unpaired) electrons. The first-order chi connectivity index (χ1) is 10.2. The number of fused-ring (bicyclic) bond motifs is 1. The number of rotatable bonds is 4. The summed E-state index contributed by atoms with van der Waals surface area (Å²) in [7, 11) is 0. The maximum absolute atomic E-state index is 13.1. The van der Waals surface area contributed by atoms with Crippen molar-refractivity contribution in [2.24, 2.45) is 0 Å². The largest absolute Gasteiger partial charge is 0.494 e. The maximum atomic E-state index is 13.1. The molecule has 0 saturated carbocycles. The van der Waals surface area contributed by atoms with E-state index in [0.29, 0.717) is 18.8 Å². The summed E-state index contributed by atoms with van der Waals surface area (Å²) in [5.74, 6) is 0.555. The zero-order chi connectivity index (χ0) is 14.8. The third kappa shape index (κ3) is 2.70. The summed E-state index contributed by atoms with van der Waals surface area (Å²) in [6.07, 6.45) is 2.00. The van der Waals surface area contributed by atoms with E-state index in [1.165, 1.54) is 12.1 Å². The number of hydrogen-bond acceptors (Lipinski definition) is 2. The summed E-state index contributed by atoms with van der Waals surface area (Å²) in [4.78, 5) is 0. The Labute approximate surface area is 122 Å². The molecule has 2 N–H and O–H groups in total. The van der Waals surface area contributed by atoms with Crippen LogP contribution in [-0.4, -0.2) is 11.2 Å². The van der Waals surface area contributed by atoms with Gasteiger partial charge in [-0.1, -0.05) is 6.07 Å². The van der Waals surface area contributed by atoms with Crippen molar-refractivity contribution in [3.05, 3.63) is 60.0 Å². The number of hydrogen-bond donors (Lipinski definition) is 1. The van der Waals surface area contributed by atoms with Crippen molar-refractivity contribution in [3.63, 3.8) is 0 Å². The highest BCUT2D eigenvalue weighted by Gasteiger charge is 2.06. The highest BCUT2D eigenvalue weighted by molar-refractivity contribution is 5.81. The summed E-state index contributed by atoms with van der Waals surface area (Å²) in [6.45, 7) is 3.23. The van der Waals surface area contributed by atoms with Crippen molar-refractivity contribution in [2.45, 2.75) is 13.5 Å². The molecule has 0 aliphatic rings. The molecular weight excluding hydrogens is 267 g/mol. The van der Waals surface area contributed by atoms with Gasteiger partial charge < -0.3 is 15.0 Å². The van der Waals surface area contributed by atoms with Gasteiger partial charge in [-0.3, -0.25) is 0 Å². The summed E-state index contributed by atoms with van der Waals surface area (Å²) in [6, 6.07) is 12.6. The van der Waals surface area contributed by atoms with Gasteiger partial charge in [-0.2, -0.15) is 0 Å². The predicted molar refractivity (Wildman–Crippen MR) is 83.0 cm³/mol. The minimum Gasteiger partial charge on any atom is -0.494 e.